The van der Waals surface area contributed by atoms with Gasteiger partial charge in [0.25, 0.3) is 0 Å². The van der Waals surface area contributed by atoms with E-state index in [-0.39, 0.29) is 18.2 Å². The minimum Gasteiger partial charge on any atom is -0.444 e. The summed E-state index contributed by atoms with van der Waals surface area (Å²) in [6, 6.07) is 15.4. The third-order valence-corrected chi connectivity index (χ3v) is 5.93. The third kappa shape index (κ3) is 9.90. The van der Waals surface area contributed by atoms with Crippen LogP contribution in [0.2, 0.25) is 0 Å². The Kier molecular flexibility index (Phi) is 11.6. The quantitative estimate of drug-likeness (QED) is 0.379. The molecule has 0 heterocycles. The highest BCUT2D eigenvalue weighted by atomic mass is 16.6. The predicted octanol–water partition coefficient (Wildman–Crippen LogP) is 5.33. The van der Waals surface area contributed by atoms with Gasteiger partial charge in [-0.25, -0.2) is 4.79 Å². The van der Waals surface area contributed by atoms with Gasteiger partial charge in [-0.1, -0.05) is 79.9 Å². The summed E-state index contributed by atoms with van der Waals surface area (Å²) in [4.78, 5) is 41.7. The Morgan fingerprint density at radius 3 is 2.16 bits per heavy atom. The molecule has 3 amide bonds. The summed E-state index contributed by atoms with van der Waals surface area (Å²) in [7, 11) is 0. The standard InChI is InChI=1S/C30H43N3O4/c1-7-9-13-20-31-27(34)26(24-18-16-22(3)17-19-24)33(8-2)28(35)25(21-23-14-11-10-12-15-23)32-29(36)37-30(4,5)6/h10-12,14-19,25-26H,7-9,13,20-21H2,1-6H3,(H,31,34)(H,32,36). The lowest BCUT2D eigenvalue weighted by Gasteiger charge is -2.34. The lowest BCUT2D eigenvalue weighted by Crippen LogP contribution is -2.53. The Balaban J connectivity index is 2.39. The molecule has 0 saturated carbocycles. The molecule has 0 bridgehead atoms. The van der Waals surface area contributed by atoms with E-state index >= 15 is 0 Å². The zero-order chi connectivity index (χ0) is 27.4. The first-order chi connectivity index (χ1) is 17.6. The highest BCUT2D eigenvalue weighted by molar-refractivity contribution is 5.92. The Bertz CT molecular complexity index is 1000. The molecule has 2 aromatic rings. The highest BCUT2D eigenvalue weighted by Crippen LogP contribution is 2.24. The number of aryl methyl sites for hydroxylation is 1. The molecule has 37 heavy (non-hydrogen) atoms. The smallest absolute Gasteiger partial charge is 0.408 e. The van der Waals surface area contributed by atoms with Crippen LogP contribution < -0.4 is 10.6 Å². The minimum absolute atomic E-state index is 0.231. The van der Waals surface area contributed by atoms with Crippen molar-refractivity contribution in [3.05, 3.63) is 71.3 Å². The molecule has 2 rings (SSSR count). The summed E-state index contributed by atoms with van der Waals surface area (Å²) in [6.07, 6.45) is 2.54. The van der Waals surface area contributed by atoms with Crippen LogP contribution in [0.1, 0.15) is 76.6 Å². The Hall–Kier alpha value is -3.35. The van der Waals surface area contributed by atoms with Crippen LogP contribution in [-0.2, 0) is 20.7 Å². The van der Waals surface area contributed by atoms with Crippen LogP contribution in [0, 0.1) is 6.92 Å². The van der Waals surface area contributed by atoms with E-state index in [4.69, 9.17) is 4.74 Å². The minimum atomic E-state index is -0.905. The SMILES string of the molecule is CCCCCNC(=O)C(c1ccc(C)cc1)N(CC)C(=O)C(Cc1ccccc1)NC(=O)OC(C)(C)C. The van der Waals surface area contributed by atoms with Crippen molar-refractivity contribution in [2.24, 2.45) is 0 Å². The number of hydrogen-bond donors (Lipinski definition) is 2. The number of nitrogens with one attached hydrogen (secondary N) is 2. The number of amides is 3. The van der Waals surface area contributed by atoms with Gasteiger partial charge in [0.1, 0.15) is 17.7 Å². The van der Waals surface area contributed by atoms with Crippen LogP contribution in [0.25, 0.3) is 0 Å². The van der Waals surface area contributed by atoms with Crippen molar-refractivity contribution < 1.29 is 19.1 Å². The van der Waals surface area contributed by atoms with Gasteiger partial charge in [-0.2, -0.15) is 0 Å². The van der Waals surface area contributed by atoms with E-state index < -0.39 is 23.8 Å². The topological polar surface area (TPSA) is 87.7 Å². The number of benzene rings is 2. The fourth-order valence-electron chi connectivity index (χ4n) is 4.07. The Labute approximate surface area is 222 Å². The molecule has 0 spiro atoms. The first-order valence-corrected chi connectivity index (χ1v) is 13.2. The van der Waals surface area contributed by atoms with E-state index in [2.05, 4.69) is 17.6 Å². The molecule has 7 nitrogen and oxygen atoms in total. The summed E-state index contributed by atoms with van der Waals surface area (Å²) in [6.45, 7) is 12.1. The molecule has 2 aromatic carbocycles. The number of carbonyl (C=O) groups excluding carboxylic acids is 3. The Morgan fingerprint density at radius 1 is 0.946 bits per heavy atom. The van der Waals surface area contributed by atoms with Gasteiger partial charge in [-0.3, -0.25) is 9.59 Å². The van der Waals surface area contributed by atoms with Crippen LogP contribution in [0.5, 0.6) is 0 Å². The number of rotatable bonds is 12. The second-order valence-electron chi connectivity index (χ2n) is 10.3. The van der Waals surface area contributed by atoms with E-state index in [0.717, 1.165) is 36.0 Å². The van der Waals surface area contributed by atoms with Gasteiger partial charge in [-0.15, -0.1) is 0 Å². The van der Waals surface area contributed by atoms with Gasteiger partial charge in [0, 0.05) is 19.5 Å². The number of unbranched alkanes of at least 4 members (excludes halogenated alkanes) is 2. The molecule has 202 valence electrons. The monoisotopic (exact) mass is 509 g/mol. The van der Waals surface area contributed by atoms with Gasteiger partial charge in [0.15, 0.2) is 0 Å². The summed E-state index contributed by atoms with van der Waals surface area (Å²) in [5.74, 6) is -0.572. The molecule has 0 fully saturated rings. The van der Waals surface area contributed by atoms with Crippen molar-refractivity contribution in [1.82, 2.24) is 15.5 Å². The summed E-state index contributed by atoms with van der Waals surface area (Å²) in [5, 5.41) is 5.78. The molecule has 0 aliphatic rings. The molecule has 2 N–H and O–H groups in total. The molecule has 0 radical (unpaired) electrons. The van der Waals surface area contributed by atoms with Crippen LogP contribution >= 0.6 is 0 Å². The molecular weight excluding hydrogens is 466 g/mol. The van der Waals surface area contributed by atoms with Crippen LogP contribution in [0.15, 0.2) is 54.6 Å². The number of carbonyl (C=O) groups is 3. The van der Waals surface area contributed by atoms with Crippen LogP contribution in [0.3, 0.4) is 0 Å². The van der Waals surface area contributed by atoms with E-state index in [0.29, 0.717) is 13.1 Å². The van der Waals surface area contributed by atoms with Gasteiger partial charge in [-0.05, 0) is 52.2 Å². The largest absolute Gasteiger partial charge is 0.444 e. The lowest BCUT2D eigenvalue weighted by molar-refractivity contribution is -0.142. The van der Waals surface area contributed by atoms with Gasteiger partial charge >= 0.3 is 6.09 Å². The van der Waals surface area contributed by atoms with Gasteiger partial charge in [0.05, 0.1) is 0 Å². The summed E-state index contributed by atoms with van der Waals surface area (Å²) < 4.78 is 5.45. The van der Waals surface area contributed by atoms with E-state index in [1.807, 2.05) is 68.4 Å². The Morgan fingerprint density at radius 2 is 1.59 bits per heavy atom. The maximum atomic E-state index is 14.0. The molecule has 2 unspecified atom stereocenters. The molecule has 0 aromatic heterocycles. The third-order valence-electron chi connectivity index (χ3n) is 5.93. The van der Waals surface area contributed by atoms with E-state index in [1.165, 1.54) is 0 Å². The number of alkyl carbamates (subject to hydrolysis) is 1. The number of hydrogen-bond acceptors (Lipinski definition) is 4. The average Bonchev–Trinajstić information content (AvgIpc) is 2.84. The zero-order valence-electron chi connectivity index (χ0n) is 23.2. The van der Waals surface area contributed by atoms with Crippen molar-refractivity contribution in [1.29, 1.82) is 0 Å². The first kappa shape index (κ1) is 29.9. The normalized spacial score (nSPS) is 12.8. The maximum absolute atomic E-state index is 14.0. The van der Waals surface area contributed by atoms with Crippen LogP contribution in [0.4, 0.5) is 4.79 Å². The maximum Gasteiger partial charge on any atom is 0.408 e. The van der Waals surface area contributed by atoms with Gasteiger partial charge in [0.2, 0.25) is 11.8 Å². The second kappa shape index (κ2) is 14.4. The number of likely N-dealkylation sites (N-methyl/N-ethyl adjacent to an activating group) is 1. The average molecular weight is 510 g/mol. The van der Waals surface area contributed by atoms with Crippen LogP contribution in [-0.4, -0.2) is 47.5 Å². The number of nitrogens with zero attached hydrogens (tertiary/aromatic N) is 1. The van der Waals surface area contributed by atoms with Crippen molar-refractivity contribution >= 4 is 17.9 Å². The molecule has 0 aliphatic carbocycles. The molecule has 7 heteroatoms. The van der Waals surface area contributed by atoms with Crippen molar-refractivity contribution in [3.8, 4) is 0 Å². The van der Waals surface area contributed by atoms with Crippen molar-refractivity contribution in [2.45, 2.75) is 84.9 Å². The second-order valence-corrected chi connectivity index (χ2v) is 10.3. The fraction of sp³-hybridized carbons (Fsp3) is 0.500. The summed E-state index contributed by atoms with van der Waals surface area (Å²) in [5.41, 5.74) is 1.97. The highest BCUT2D eigenvalue weighted by Gasteiger charge is 2.35. The van der Waals surface area contributed by atoms with Crippen molar-refractivity contribution in [3.63, 3.8) is 0 Å². The zero-order valence-corrected chi connectivity index (χ0v) is 23.2. The van der Waals surface area contributed by atoms with Gasteiger partial charge < -0.3 is 20.3 Å². The molecule has 0 aliphatic heterocycles. The molecular formula is C30H43N3O4. The predicted molar refractivity (Wildman–Crippen MR) is 147 cm³/mol. The van der Waals surface area contributed by atoms with E-state index in [1.54, 1.807) is 25.7 Å². The molecule has 0 saturated heterocycles. The molecule has 2 atom stereocenters. The number of ether oxygens (including phenoxy) is 1. The fourth-order valence-corrected chi connectivity index (χ4v) is 4.07. The van der Waals surface area contributed by atoms with Crippen molar-refractivity contribution in [2.75, 3.05) is 13.1 Å². The summed E-state index contributed by atoms with van der Waals surface area (Å²) >= 11 is 0. The lowest BCUT2D eigenvalue weighted by atomic mass is 9.99. The van der Waals surface area contributed by atoms with E-state index in [9.17, 15) is 14.4 Å². The first-order valence-electron chi connectivity index (χ1n) is 13.2.